The van der Waals surface area contributed by atoms with Crippen LogP contribution in [0.25, 0.3) is 5.57 Å². The number of aliphatic hydroxyl groups is 1. The molecular formula is C29H34N2O4S. The highest BCUT2D eigenvalue weighted by Gasteiger charge is 2.50. The summed E-state index contributed by atoms with van der Waals surface area (Å²) in [5.74, 6) is 0.179. The Morgan fingerprint density at radius 3 is 2.39 bits per heavy atom. The van der Waals surface area contributed by atoms with Gasteiger partial charge in [0.25, 0.3) is 0 Å². The lowest BCUT2D eigenvalue weighted by Crippen LogP contribution is -2.67. The van der Waals surface area contributed by atoms with E-state index in [9.17, 15) is 18.3 Å². The van der Waals surface area contributed by atoms with E-state index in [0.717, 1.165) is 47.2 Å². The molecule has 0 radical (unpaired) electrons. The standard InChI is InChI=1S/C29H34N2O4S/c1-20-7-3-4-8-28(20)36(34,35)30-15-5-6-16-31-26(18-30)29(27(31)19-32)23-11-9-22(10-12-23)25-14-13-24(33)17-21(25)2/h3-4,7-14,26-27,29,32H,5-6,15-19H2,1-2H3/t26-,27+,29-/m0/s1. The predicted molar refractivity (Wildman–Crippen MR) is 141 cm³/mol. The highest BCUT2D eigenvalue weighted by Crippen LogP contribution is 2.43. The van der Waals surface area contributed by atoms with Crippen molar-refractivity contribution in [1.82, 2.24) is 9.21 Å². The molecule has 0 aromatic heterocycles. The molecule has 6 nitrogen and oxygen atoms in total. The number of aliphatic hydroxyl groups excluding tert-OH is 1. The van der Waals surface area contributed by atoms with Gasteiger partial charge in [0.05, 0.1) is 11.5 Å². The third-order valence-corrected chi connectivity index (χ3v) is 10.0. The summed E-state index contributed by atoms with van der Waals surface area (Å²) in [6.45, 7) is 5.67. The maximum Gasteiger partial charge on any atom is 0.243 e. The number of ketones is 1. The summed E-state index contributed by atoms with van der Waals surface area (Å²) < 4.78 is 28.9. The summed E-state index contributed by atoms with van der Waals surface area (Å²) in [6.07, 6.45) is 5.68. The molecule has 0 bridgehead atoms. The van der Waals surface area contributed by atoms with E-state index >= 15 is 0 Å². The molecule has 1 aliphatic carbocycles. The monoisotopic (exact) mass is 506 g/mol. The molecule has 2 aromatic rings. The lowest BCUT2D eigenvalue weighted by atomic mass is 9.74. The van der Waals surface area contributed by atoms with Crippen molar-refractivity contribution in [2.24, 2.45) is 0 Å². The van der Waals surface area contributed by atoms with Crippen molar-refractivity contribution in [3.63, 3.8) is 0 Å². The number of aryl methyl sites for hydroxylation is 1. The van der Waals surface area contributed by atoms with Crippen LogP contribution in [0.15, 0.2) is 71.2 Å². The van der Waals surface area contributed by atoms with E-state index in [0.29, 0.717) is 24.4 Å². The molecule has 2 aliphatic heterocycles. The number of rotatable bonds is 5. The quantitative estimate of drug-likeness (QED) is 0.665. The Labute approximate surface area is 214 Å². The largest absolute Gasteiger partial charge is 0.395 e. The molecule has 190 valence electrons. The van der Waals surface area contributed by atoms with E-state index < -0.39 is 10.0 Å². The summed E-state index contributed by atoms with van der Waals surface area (Å²) in [5.41, 5.74) is 5.08. The van der Waals surface area contributed by atoms with Crippen molar-refractivity contribution in [3.8, 4) is 0 Å². The van der Waals surface area contributed by atoms with Gasteiger partial charge in [-0.1, -0.05) is 54.1 Å². The molecule has 2 aromatic carbocycles. The molecule has 1 N–H and O–H groups in total. The minimum Gasteiger partial charge on any atom is -0.395 e. The first-order valence-corrected chi connectivity index (χ1v) is 14.2. The molecule has 2 fully saturated rings. The van der Waals surface area contributed by atoms with Gasteiger partial charge in [0.2, 0.25) is 10.0 Å². The number of carbonyl (C=O) groups is 1. The summed E-state index contributed by atoms with van der Waals surface area (Å²) >= 11 is 0. The van der Waals surface area contributed by atoms with Crippen LogP contribution in [0.5, 0.6) is 0 Å². The Hall–Kier alpha value is -2.58. The maximum absolute atomic E-state index is 13.6. The molecule has 2 heterocycles. The number of fused-ring (bicyclic) bond motifs is 1. The Balaban J connectivity index is 1.43. The molecule has 3 aliphatic rings. The fourth-order valence-corrected chi connectivity index (χ4v) is 7.80. The first-order chi connectivity index (χ1) is 17.3. The normalized spacial score (nSPS) is 25.8. The number of allylic oxidation sites excluding steroid dienone is 4. The van der Waals surface area contributed by atoms with Gasteiger partial charge in [-0.2, -0.15) is 4.31 Å². The smallest absolute Gasteiger partial charge is 0.243 e. The molecule has 0 spiro atoms. The zero-order chi connectivity index (χ0) is 25.4. The van der Waals surface area contributed by atoms with Crippen molar-refractivity contribution in [1.29, 1.82) is 0 Å². The zero-order valence-electron chi connectivity index (χ0n) is 20.9. The molecule has 0 saturated carbocycles. The van der Waals surface area contributed by atoms with Crippen LogP contribution in [0.1, 0.15) is 48.8 Å². The predicted octanol–water partition coefficient (Wildman–Crippen LogP) is 3.91. The first-order valence-electron chi connectivity index (χ1n) is 12.7. The number of hydrogen-bond donors (Lipinski definition) is 1. The second-order valence-electron chi connectivity index (χ2n) is 10.2. The lowest BCUT2D eigenvalue weighted by Gasteiger charge is -2.57. The minimum atomic E-state index is -3.61. The average molecular weight is 507 g/mol. The summed E-state index contributed by atoms with van der Waals surface area (Å²) in [6, 6.07) is 15.5. The molecular weight excluding hydrogens is 472 g/mol. The van der Waals surface area contributed by atoms with Crippen molar-refractivity contribution >= 4 is 21.4 Å². The van der Waals surface area contributed by atoms with E-state index in [2.05, 4.69) is 29.2 Å². The molecule has 5 rings (SSSR count). The molecule has 36 heavy (non-hydrogen) atoms. The van der Waals surface area contributed by atoms with Crippen LogP contribution < -0.4 is 0 Å². The van der Waals surface area contributed by atoms with Crippen LogP contribution in [-0.2, 0) is 14.8 Å². The van der Waals surface area contributed by atoms with E-state index in [1.54, 1.807) is 22.5 Å². The Bertz CT molecular complexity index is 1310. The van der Waals surface area contributed by atoms with E-state index in [4.69, 9.17) is 0 Å². The summed E-state index contributed by atoms with van der Waals surface area (Å²) in [5, 5.41) is 10.3. The summed E-state index contributed by atoms with van der Waals surface area (Å²) in [4.78, 5) is 14.4. The van der Waals surface area contributed by atoms with Crippen molar-refractivity contribution in [2.75, 3.05) is 26.2 Å². The average Bonchev–Trinajstić information content (AvgIpc) is 2.83. The number of hydrogen-bond acceptors (Lipinski definition) is 5. The van der Waals surface area contributed by atoms with Crippen LogP contribution in [0.2, 0.25) is 0 Å². The summed E-state index contributed by atoms with van der Waals surface area (Å²) in [7, 11) is -3.61. The van der Waals surface area contributed by atoms with Crippen molar-refractivity contribution in [3.05, 3.63) is 82.9 Å². The second-order valence-corrected chi connectivity index (χ2v) is 12.1. The van der Waals surface area contributed by atoms with Gasteiger partial charge < -0.3 is 5.11 Å². The number of sulfonamides is 1. The third kappa shape index (κ3) is 4.50. The number of nitrogens with zero attached hydrogens (tertiary/aromatic N) is 2. The van der Waals surface area contributed by atoms with Gasteiger partial charge in [-0.05, 0) is 67.6 Å². The van der Waals surface area contributed by atoms with Gasteiger partial charge in [-0.15, -0.1) is 0 Å². The Morgan fingerprint density at radius 1 is 0.972 bits per heavy atom. The molecule has 2 saturated heterocycles. The van der Waals surface area contributed by atoms with Gasteiger partial charge in [0, 0.05) is 37.5 Å². The van der Waals surface area contributed by atoms with Gasteiger partial charge in [0.1, 0.15) is 0 Å². The van der Waals surface area contributed by atoms with Crippen LogP contribution in [-0.4, -0.2) is 66.8 Å². The highest BCUT2D eigenvalue weighted by molar-refractivity contribution is 7.89. The van der Waals surface area contributed by atoms with Crippen LogP contribution in [0.3, 0.4) is 0 Å². The molecule has 0 amide bonds. The lowest BCUT2D eigenvalue weighted by molar-refractivity contribution is -0.114. The SMILES string of the molecule is CC1=C(c2ccc([C@@H]3[C@@H](CO)N4CCCCN(S(=O)(=O)c5ccccc5C)C[C@@H]34)cc2)C=CC(=O)C1. The Morgan fingerprint density at radius 2 is 1.69 bits per heavy atom. The fraction of sp³-hybridized carbons (Fsp3) is 0.414. The van der Waals surface area contributed by atoms with Crippen molar-refractivity contribution < 1.29 is 18.3 Å². The van der Waals surface area contributed by atoms with Crippen LogP contribution in [0, 0.1) is 6.92 Å². The van der Waals surface area contributed by atoms with Gasteiger partial charge in [0.15, 0.2) is 5.78 Å². The maximum atomic E-state index is 13.6. The van der Waals surface area contributed by atoms with E-state index in [-0.39, 0.29) is 30.4 Å². The second kappa shape index (κ2) is 10.1. The number of benzene rings is 2. The topological polar surface area (TPSA) is 77.9 Å². The first kappa shape index (κ1) is 25.1. The van der Waals surface area contributed by atoms with Gasteiger partial charge in [-0.25, -0.2) is 8.42 Å². The zero-order valence-corrected chi connectivity index (χ0v) is 21.7. The van der Waals surface area contributed by atoms with Gasteiger partial charge in [-0.3, -0.25) is 9.69 Å². The highest BCUT2D eigenvalue weighted by atomic mass is 32.2. The number of carbonyl (C=O) groups excluding carboxylic acids is 1. The van der Waals surface area contributed by atoms with Crippen LogP contribution >= 0.6 is 0 Å². The van der Waals surface area contributed by atoms with E-state index in [1.807, 2.05) is 32.1 Å². The molecule has 3 atom stereocenters. The Kier molecular flexibility index (Phi) is 7.01. The van der Waals surface area contributed by atoms with Crippen LogP contribution in [0.4, 0.5) is 0 Å². The van der Waals surface area contributed by atoms with Crippen molar-refractivity contribution in [2.45, 2.75) is 56.0 Å². The van der Waals surface area contributed by atoms with E-state index in [1.165, 1.54) is 0 Å². The molecule has 0 unspecified atom stereocenters. The van der Waals surface area contributed by atoms with Gasteiger partial charge >= 0.3 is 0 Å². The molecule has 7 heteroatoms. The third-order valence-electron chi connectivity index (χ3n) is 7.99. The minimum absolute atomic E-state index is 0.0141. The fourth-order valence-electron chi connectivity index (χ4n) is 6.07.